The molecule has 0 unspecified atom stereocenters. The van der Waals surface area contributed by atoms with E-state index in [-0.39, 0.29) is 31.1 Å². The average Bonchev–Trinajstić information content (AvgIpc) is 3.07. The molecule has 0 aliphatic heterocycles. The number of carbonyl (C=O) groups is 1. The number of hydrogen-bond donors (Lipinski definition) is 3. The van der Waals surface area contributed by atoms with Crippen molar-refractivity contribution in [1.29, 1.82) is 0 Å². The number of benzene rings is 2. The SMILES string of the molecule is O=C(Cc1c[nH]c2ccccc12)NCCNc1ccc(C(F)(F)F)cc1[N+](=O)[O-]. The zero-order chi connectivity index (χ0) is 21.0. The smallest absolute Gasteiger partial charge is 0.378 e. The van der Waals surface area contributed by atoms with E-state index in [4.69, 9.17) is 0 Å². The minimum absolute atomic E-state index is 0.0473. The maximum atomic E-state index is 12.7. The first-order valence-corrected chi connectivity index (χ1v) is 8.67. The van der Waals surface area contributed by atoms with Gasteiger partial charge in [-0.15, -0.1) is 0 Å². The molecule has 152 valence electrons. The second kappa shape index (κ2) is 8.21. The van der Waals surface area contributed by atoms with Crippen LogP contribution in [0.3, 0.4) is 0 Å². The number of alkyl halides is 3. The van der Waals surface area contributed by atoms with Crippen molar-refractivity contribution in [3.63, 3.8) is 0 Å². The molecular formula is C19H17F3N4O3. The minimum Gasteiger partial charge on any atom is -0.378 e. The predicted octanol–water partition coefficient (Wildman–Crippen LogP) is 3.87. The first-order chi connectivity index (χ1) is 13.8. The van der Waals surface area contributed by atoms with Crippen LogP contribution in [0.4, 0.5) is 24.5 Å². The maximum Gasteiger partial charge on any atom is 0.416 e. The van der Waals surface area contributed by atoms with E-state index in [0.29, 0.717) is 6.07 Å². The number of amides is 1. The lowest BCUT2D eigenvalue weighted by Crippen LogP contribution is -2.30. The highest BCUT2D eigenvalue weighted by Gasteiger charge is 2.33. The van der Waals surface area contributed by atoms with E-state index in [1.165, 1.54) is 0 Å². The van der Waals surface area contributed by atoms with Crippen LogP contribution in [0, 0.1) is 10.1 Å². The summed E-state index contributed by atoms with van der Waals surface area (Å²) in [6.45, 7) is 0.269. The highest BCUT2D eigenvalue weighted by molar-refractivity contribution is 5.88. The van der Waals surface area contributed by atoms with Gasteiger partial charge in [0.15, 0.2) is 0 Å². The molecule has 29 heavy (non-hydrogen) atoms. The highest BCUT2D eigenvalue weighted by Crippen LogP contribution is 2.34. The predicted molar refractivity (Wildman–Crippen MR) is 102 cm³/mol. The van der Waals surface area contributed by atoms with E-state index >= 15 is 0 Å². The second-order valence-electron chi connectivity index (χ2n) is 6.30. The molecule has 3 rings (SSSR count). The molecule has 0 atom stereocenters. The Bertz CT molecular complexity index is 1050. The normalized spacial score (nSPS) is 11.4. The molecule has 3 aromatic rings. The van der Waals surface area contributed by atoms with Crippen molar-refractivity contribution in [3.05, 3.63) is 69.9 Å². The zero-order valence-electron chi connectivity index (χ0n) is 15.0. The monoisotopic (exact) mass is 406 g/mol. The molecule has 3 N–H and O–H groups in total. The summed E-state index contributed by atoms with van der Waals surface area (Å²) in [4.78, 5) is 25.4. The average molecular weight is 406 g/mol. The van der Waals surface area contributed by atoms with E-state index in [2.05, 4.69) is 15.6 Å². The number of rotatable bonds is 7. The van der Waals surface area contributed by atoms with Gasteiger partial charge in [0, 0.05) is 36.3 Å². The number of carbonyl (C=O) groups excluding carboxylic acids is 1. The molecule has 7 nitrogen and oxygen atoms in total. The summed E-state index contributed by atoms with van der Waals surface area (Å²) in [7, 11) is 0. The van der Waals surface area contributed by atoms with Crippen LogP contribution in [0.2, 0.25) is 0 Å². The molecule has 1 amide bonds. The molecule has 1 aromatic heterocycles. The lowest BCUT2D eigenvalue weighted by Gasteiger charge is -2.11. The third-order valence-electron chi connectivity index (χ3n) is 4.31. The number of fused-ring (bicyclic) bond motifs is 1. The van der Waals surface area contributed by atoms with Gasteiger partial charge in [0.2, 0.25) is 5.91 Å². The minimum atomic E-state index is -4.67. The van der Waals surface area contributed by atoms with E-state index in [9.17, 15) is 28.1 Å². The number of nitrogens with one attached hydrogen (secondary N) is 3. The Hall–Kier alpha value is -3.56. The zero-order valence-corrected chi connectivity index (χ0v) is 15.0. The van der Waals surface area contributed by atoms with Crippen LogP contribution in [-0.4, -0.2) is 28.9 Å². The number of anilines is 1. The van der Waals surface area contributed by atoms with Gasteiger partial charge in [-0.2, -0.15) is 13.2 Å². The van der Waals surface area contributed by atoms with Gasteiger partial charge < -0.3 is 15.6 Å². The van der Waals surface area contributed by atoms with Crippen LogP contribution in [0.1, 0.15) is 11.1 Å². The number of aromatic amines is 1. The summed E-state index contributed by atoms with van der Waals surface area (Å²) in [6.07, 6.45) is -2.75. The van der Waals surface area contributed by atoms with Crippen molar-refractivity contribution in [1.82, 2.24) is 10.3 Å². The lowest BCUT2D eigenvalue weighted by molar-refractivity contribution is -0.384. The lowest BCUT2D eigenvalue weighted by atomic mass is 10.1. The van der Waals surface area contributed by atoms with Crippen molar-refractivity contribution in [2.24, 2.45) is 0 Å². The Morgan fingerprint density at radius 2 is 1.90 bits per heavy atom. The summed E-state index contributed by atoms with van der Waals surface area (Å²) >= 11 is 0. The van der Waals surface area contributed by atoms with Gasteiger partial charge in [-0.1, -0.05) is 18.2 Å². The molecule has 0 aliphatic carbocycles. The third kappa shape index (κ3) is 4.84. The largest absolute Gasteiger partial charge is 0.416 e. The van der Waals surface area contributed by atoms with Crippen molar-refractivity contribution in [2.75, 3.05) is 18.4 Å². The molecule has 1 heterocycles. The van der Waals surface area contributed by atoms with Gasteiger partial charge in [0.25, 0.3) is 5.69 Å². The first kappa shape index (κ1) is 20.2. The van der Waals surface area contributed by atoms with Crippen LogP contribution in [0.5, 0.6) is 0 Å². The van der Waals surface area contributed by atoms with Crippen LogP contribution in [0.25, 0.3) is 10.9 Å². The number of nitrogens with zero attached hydrogens (tertiary/aromatic N) is 1. The Balaban J connectivity index is 1.55. The van der Waals surface area contributed by atoms with Gasteiger partial charge in [-0.05, 0) is 23.8 Å². The quantitative estimate of drug-likeness (QED) is 0.315. The number of para-hydroxylation sites is 1. The van der Waals surface area contributed by atoms with Crippen molar-refractivity contribution < 1.29 is 22.9 Å². The van der Waals surface area contributed by atoms with Crippen LogP contribution >= 0.6 is 0 Å². The second-order valence-corrected chi connectivity index (χ2v) is 6.30. The summed E-state index contributed by atoms with van der Waals surface area (Å²) in [5.74, 6) is -0.238. The number of aromatic nitrogens is 1. The van der Waals surface area contributed by atoms with E-state index in [1.54, 1.807) is 6.20 Å². The van der Waals surface area contributed by atoms with E-state index in [1.807, 2.05) is 24.3 Å². The molecule has 0 spiro atoms. The van der Waals surface area contributed by atoms with Gasteiger partial charge >= 0.3 is 6.18 Å². The standard InChI is InChI=1S/C19H17F3N4O3/c20-19(21,22)13-5-6-16(17(10-13)26(28)29)23-7-8-24-18(27)9-12-11-25-15-4-2-1-3-14(12)15/h1-6,10-11,23,25H,7-9H2,(H,24,27). The fraction of sp³-hybridized carbons (Fsp3) is 0.211. The van der Waals surface area contributed by atoms with Gasteiger partial charge in [-0.3, -0.25) is 14.9 Å². The highest BCUT2D eigenvalue weighted by atomic mass is 19.4. The first-order valence-electron chi connectivity index (χ1n) is 8.67. The molecule has 0 bridgehead atoms. The number of nitro groups is 1. The van der Waals surface area contributed by atoms with Gasteiger partial charge in [0.05, 0.1) is 16.9 Å². The van der Waals surface area contributed by atoms with Gasteiger partial charge in [-0.25, -0.2) is 0 Å². The topological polar surface area (TPSA) is 100 Å². The van der Waals surface area contributed by atoms with Crippen LogP contribution in [0.15, 0.2) is 48.7 Å². The van der Waals surface area contributed by atoms with Crippen LogP contribution in [-0.2, 0) is 17.4 Å². The van der Waals surface area contributed by atoms with E-state index < -0.39 is 22.4 Å². The van der Waals surface area contributed by atoms with Crippen molar-refractivity contribution in [2.45, 2.75) is 12.6 Å². The van der Waals surface area contributed by atoms with E-state index in [0.717, 1.165) is 28.6 Å². The number of nitro benzene ring substituents is 1. The molecule has 2 aromatic carbocycles. The molecule has 10 heteroatoms. The number of halogens is 3. The third-order valence-corrected chi connectivity index (χ3v) is 4.31. The summed E-state index contributed by atoms with van der Waals surface area (Å²) in [5, 5.41) is 17.4. The Morgan fingerprint density at radius 3 is 2.62 bits per heavy atom. The number of hydrogen-bond acceptors (Lipinski definition) is 4. The van der Waals surface area contributed by atoms with Crippen LogP contribution < -0.4 is 10.6 Å². The van der Waals surface area contributed by atoms with Crippen molar-refractivity contribution in [3.8, 4) is 0 Å². The molecule has 0 aliphatic rings. The number of H-pyrrole nitrogens is 1. The Labute approximate surface area is 163 Å². The van der Waals surface area contributed by atoms with Gasteiger partial charge in [0.1, 0.15) is 5.69 Å². The summed E-state index contributed by atoms with van der Waals surface area (Å²) in [5.41, 5.74) is -0.0587. The Kier molecular flexibility index (Phi) is 5.71. The fourth-order valence-corrected chi connectivity index (χ4v) is 2.92. The summed E-state index contributed by atoms with van der Waals surface area (Å²) < 4.78 is 38.2. The molecule has 0 radical (unpaired) electrons. The maximum absolute atomic E-state index is 12.7. The molecule has 0 saturated carbocycles. The molecule has 0 fully saturated rings. The van der Waals surface area contributed by atoms with Crippen molar-refractivity contribution >= 4 is 28.2 Å². The molecular weight excluding hydrogens is 389 g/mol. The molecule has 0 saturated heterocycles. The Morgan fingerprint density at radius 1 is 1.14 bits per heavy atom. The summed E-state index contributed by atoms with van der Waals surface area (Å²) in [6, 6.07) is 9.82. The fourth-order valence-electron chi connectivity index (χ4n) is 2.92.